The molecule has 1 fully saturated rings. The summed E-state index contributed by atoms with van der Waals surface area (Å²) >= 11 is 0. The number of rotatable bonds is 4. The van der Waals surface area contributed by atoms with E-state index in [-0.39, 0.29) is 11.9 Å². The molecule has 140 valence electrons. The van der Waals surface area contributed by atoms with Crippen LogP contribution < -0.4 is 5.32 Å². The summed E-state index contributed by atoms with van der Waals surface area (Å²) < 4.78 is 4.86. The number of guanidine groups is 1. The van der Waals surface area contributed by atoms with E-state index in [9.17, 15) is 4.79 Å². The van der Waals surface area contributed by atoms with Crippen LogP contribution in [0.3, 0.4) is 0 Å². The van der Waals surface area contributed by atoms with Gasteiger partial charge in [0.1, 0.15) is 0 Å². The van der Waals surface area contributed by atoms with Gasteiger partial charge in [-0.15, -0.1) is 0 Å². The molecule has 26 heavy (non-hydrogen) atoms. The summed E-state index contributed by atoms with van der Waals surface area (Å²) in [5.41, 5.74) is 3.77. The van der Waals surface area contributed by atoms with Crippen LogP contribution >= 0.6 is 0 Å². The molecule has 3 rings (SSSR count). The van der Waals surface area contributed by atoms with Crippen molar-refractivity contribution in [2.75, 3.05) is 33.8 Å². The molecule has 2 N–H and O–H groups in total. The molecule has 6 heteroatoms. The Kier molecular flexibility index (Phi) is 5.81. The monoisotopic (exact) mass is 356 g/mol. The number of hydrogen-bond acceptors (Lipinski definition) is 3. The number of likely N-dealkylation sites (tertiary alicyclic amines) is 1. The van der Waals surface area contributed by atoms with Crippen molar-refractivity contribution in [1.29, 1.82) is 0 Å². The third kappa shape index (κ3) is 3.84. The molecule has 0 radical (unpaired) electrons. The van der Waals surface area contributed by atoms with Crippen LogP contribution in [0.1, 0.15) is 24.1 Å². The molecule has 6 nitrogen and oxygen atoms in total. The number of H-pyrrole nitrogens is 1. The molecule has 0 saturated carbocycles. The number of nitrogens with one attached hydrogen (secondary N) is 2. The van der Waals surface area contributed by atoms with Crippen LogP contribution in [0.2, 0.25) is 0 Å². The van der Waals surface area contributed by atoms with Crippen LogP contribution in [0.15, 0.2) is 29.3 Å². The molecule has 1 aliphatic heterocycles. The molecule has 1 aromatic heterocycles. The zero-order valence-electron chi connectivity index (χ0n) is 15.8. The van der Waals surface area contributed by atoms with Gasteiger partial charge in [0, 0.05) is 43.3 Å². The highest BCUT2D eigenvalue weighted by Crippen LogP contribution is 2.22. The number of methoxy groups -OCH3 is 1. The summed E-state index contributed by atoms with van der Waals surface area (Å²) in [6.45, 7) is 4.60. The van der Waals surface area contributed by atoms with E-state index >= 15 is 0 Å². The number of piperidine rings is 1. The maximum atomic E-state index is 11.7. The zero-order valence-corrected chi connectivity index (χ0v) is 15.8. The van der Waals surface area contributed by atoms with Crippen LogP contribution in [0.4, 0.5) is 0 Å². The number of carbonyl (C=O) groups is 1. The van der Waals surface area contributed by atoms with Crippen LogP contribution in [0.25, 0.3) is 10.9 Å². The van der Waals surface area contributed by atoms with Gasteiger partial charge >= 0.3 is 5.97 Å². The van der Waals surface area contributed by atoms with E-state index in [0.717, 1.165) is 44.9 Å². The SMILES string of the molecule is CN=C(NCCc1c(C)[nH]c2ccccc12)N1CCC(C(=O)OC)CC1. The van der Waals surface area contributed by atoms with Gasteiger partial charge in [-0.05, 0) is 37.8 Å². The fraction of sp³-hybridized carbons (Fsp3) is 0.500. The van der Waals surface area contributed by atoms with E-state index in [1.807, 2.05) is 7.05 Å². The first-order valence-corrected chi connectivity index (χ1v) is 9.23. The number of aromatic amines is 1. The van der Waals surface area contributed by atoms with E-state index in [4.69, 9.17) is 4.74 Å². The molecule has 2 aromatic rings. The maximum Gasteiger partial charge on any atom is 0.308 e. The molecule has 0 unspecified atom stereocenters. The fourth-order valence-corrected chi connectivity index (χ4v) is 3.78. The minimum atomic E-state index is -0.0950. The molecule has 1 aromatic carbocycles. The number of fused-ring (bicyclic) bond motifs is 1. The van der Waals surface area contributed by atoms with Gasteiger partial charge in [-0.2, -0.15) is 0 Å². The molecule has 2 heterocycles. The van der Waals surface area contributed by atoms with Crippen molar-refractivity contribution < 1.29 is 9.53 Å². The predicted molar refractivity (Wildman–Crippen MR) is 104 cm³/mol. The van der Waals surface area contributed by atoms with Gasteiger partial charge in [0.15, 0.2) is 5.96 Å². The Balaban J connectivity index is 1.55. The minimum Gasteiger partial charge on any atom is -0.469 e. The molecular formula is C20H28N4O2. The highest BCUT2D eigenvalue weighted by Gasteiger charge is 2.26. The number of aryl methyl sites for hydroxylation is 1. The second-order valence-corrected chi connectivity index (χ2v) is 6.78. The average Bonchev–Trinajstić information content (AvgIpc) is 3.00. The second kappa shape index (κ2) is 8.25. The normalized spacial score (nSPS) is 16.1. The Hall–Kier alpha value is -2.50. The van der Waals surface area contributed by atoms with E-state index < -0.39 is 0 Å². The topological polar surface area (TPSA) is 69.7 Å². The van der Waals surface area contributed by atoms with E-state index in [1.54, 1.807) is 0 Å². The number of carbonyl (C=O) groups excluding carboxylic acids is 1. The van der Waals surface area contributed by atoms with Crippen molar-refractivity contribution in [3.63, 3.8) is 0 Å². The smallest absolute Gasteiger partial charge is 0.308 e. The Morgan fingerprint density at radius 3 is 2.77 bits per heavy atom. The molecule has 1 saturated heterocycles. The van der Waals surface area contributed by atoms with Gasteiger partial charge in [0.25, 0.3) is 0 Å². The third-order valence-corrected chi connectivity index (χ3v) is 5.23. The van der Waals surface area contributed by atoms with Gasteiger partial charge in [-0.3, -0.25) is 9.79 Å². The van der Waals surface area contributed by atoms with Gasteiger partial charge in [-0.1, -0.05) is 18.2 Å². The van der Waals surface area contributed by atoms with E-state index in [0.29, 0.717) is 0 Å². The lowest BCUT2D eigenvalue weighted by Gasteiger charge is -2.33. The van der Waals surface area contributed by atoms with Crippen molar-refractivity contribution >= 4 is 22.8 Å². The average molecular weight is 356 g/mol. The summed E-state index contributed by atoms with van der Waals surface area (Å²) in [7, 11) is 3.27. The predicted octanol–water partition coefficient (Wildman–Crippen LogP) is 2.48. The minimum absolute atomic E-state index is 0.0169. The van der Waals surface area contributed by atoms with Gasteiger partial charge in [-0.25, -0.2) is 0 Å². The van der Waals surface area contributed by atoms with E-state index in [1.165, 1.54) is 29.3 Å². The van der Waals surface area contributed by atoms with Crippen molar-refractivity contribution in [1.82, 2.24) is 15.2 Å². The van der Waals surface area contributed by atoms with Gasteiger partial charge in [0.05, 0.1) is 13.0 Å². The largest absolute Gasteiger partial charge is 0.469 e. The first-order valence-electron chi connectivity index (χ1n) is 9.23. The molecule has 0 spiro atoms. The number of aromatic nitrogens is 1. The molecule has 0 amide bonds. The van der Waals surface area contributed by atoms with Crippen molar-refractivity contribution in [2.24, 2.45) is 10.9 Å². The Labute approximate surface area is 154 Å². The highest BCUT2D eigenvalue weighted by atomic mass is 16.5. The summed E-state index contributed by atoms with van der Waals surface area (Å²) in [5.74, 6) is 0.830. The number of nitrogens with zero attached hydrogens (tertiary/aromatic N) is 2. The Morgan fingerprint density at radius 1 is 1.35 bits per heavy atom. The Bertz CT molecular complexity index is 788. The number of esters is 1. The highest BCUT2D eigenvalue weighted by molar-refractivity contribution is 5.85. The fourth-order valence-electron chi connectivity index (χ4n) is 3.78. The summed E-state index contributed by atoms with van der Waals surface area (Å²) in [6.07, 6.45) is 2.57. The Morgan fingerprint density at radius 2 is 2.08 bits per heavy atom. The number of benzene rings is 1. The molecule has 0 bridgehead atoms. The second-order valence-electron chi connectivity index (χ2n) is 6.78. The van der Waals surface area contributed by atoms with Crippen LogP contribution in [-0.2, 0) is 16.0 Å². The summed E-state index contributed by atoms with van der Waals surface area (Å²) in [6, 6.07) is 8.42. The quantitative estimate of drug-likeness (QED) is 0.502. The number of ether oxygens (including phenoxy) is 1. The third-order valence-electron chi connectivity index (χ3n) is 5.23. The zero-order chi connectivity index (χ0) is 18.5. The molecule has 0 aliphatic carbocycles. The number of hydrogen-bond donors (Lipinski definition) is 2. The van der Waals surface area contributed by atoms with Crippen molar-refractivity contribution in [2.45, 2.75) is 26.2 Å². The summed E-state index contributed by atoms with van der Waals surface area (Å²) in [5, 5.41) is 4.77. The first kappa shape index (κ1) is 18.3. The van der Waals surface area contributed by atoms with Crippen molar-refractivity contribution in [3.8, 4) is 0 Å². The lowest BCUT2D eigenvalue weighted by Crippen LogP contribution is -2.47. The number of para-hydroxylation sites is 1. The van der Waals surface area contributed by atoms with E-state index in [2.05, 4.69) is 51.4 Å². The maximum absolute atomic E-state index is 11.7. The molecular weight excluding hydrogens is 328 g/mol. The lowest BCUT2D eigenvalue weighted by atomic mass is 9.97. The van der Waals surface area contributed by atoms with Crippen LogP contribution in [-0.4, -0.2) is 55.6 Å². The van der Waals surface area contributed by atoms with Gasteiger partial charge in [0.2, 0.25) is 0 Å². The van der Waals surface area contributed by atoms with Crippen LogP contribution in [0.5, 0.6) is 0 Å². The first-order chi connectivity index (χ1) is 12.6. The molecule has 0 atom stereocenters. The van der Waals surface area contributed by atoms with Crippen molar-refractivity contribution in [3.05, 3.63) is 35.5 Å². The summed E-state index contributed by atoms with van der Waals surface area (Å²) in [4.78, 5) is 21.8. The standard InChI is InChI=1S/C20H28N4O2/c1-14-16(17-6-4-5-7-18(17)23-14)8-11-22-20(21-2)24-12-9-15(10-13-24)19(25)26-3/h4-7,15,23H,8-13H2,1-3H3,(H,21,22). The number of aliphatic imine (C=N–C) groups is 1. The lowest BCUT2D eigenvalue weighted by molar-refractivity contribution is -0.146. The molecule has 1 aliphatic rings. The van der Waals surface area contributed by atoms with Gasteiger partial charge < -0.3 is 19.9 Å². The van der Waals surface area contributed by atoms with Crippen LogP contribution in [0, 0.1) is 12.8 Å².